The second-order valence-corrected chi connectivity index (χ2v) is 6.26. The predicted octanol–water partition coefficient (Wildman–Crippen LogP) is 5.85. The summed E-state index contributed by atoms with van der Waals surface area (Å²) in [6.45, 7) is 0. The van der Waals surface area contributed by atoms with Gasteiger partial charge in [-0.2, -0.15) is 39.5 Å². The summed E-state index contributed by atoms with van der Waals surface area (Å²) in [6.07, 6.45) is 0. The summed E-state index contributed by atoms with van der Waals surface area (Å²) < 4.78 is 109. The average molecular weight is 367 g/mol. The molecule has 0 unspecified atom stereocenters. The summed E-state index contributed by atoms with van der Waals surface area (Å²) in [6, 6.07) is 0.379. The van der Waals surface area contributed by atoms with E-state index in [0.717, 1.165) is 0 Å². The molecule has 1 rings (SSSR count). The maximum atomic E-state index is 12.1. The van der Waals surface area contributed by atoms with Crippen LogP contribution in [0.4, 0.5) is 39.5 Å². The highest BCUT2D eigenvalue weighted by Crippen LogP contribution is 2.48. The van der Waals surface area contributed by atoms with Crippen molar-refractivity contribution in [1.82, 2.24) is 4.98 Å². The van der Waals surface area contributed by atoms with E-state index in [-0.39, 0.29) is 0 Å². The largest absolute Gasteiger partial charge is 0.447 e. The topological polar surface area (TPSA) is 15.8 Å². The molecule has 1 N–H and O–H groups in total. The van der Waals surface area contributed by atoms with Gasteiger partial charge in [0, 0.05) is 28.4 Å². The molecule has 0 aliphatic carbocycles. The minimum absolute atomic E-state index is 0.379. The van der Waals surface area contributed by atoms with Gasteiger partial charge >= 0.3 is 16.5 Å². The fourth-order valence-corrected chi connectivity index (χ4v) is 3.06. The maximum absolute atomic E-state index is 12.1. The Morgan fingerprint density at radius 1 is 0.700 bits per heavy atom. The van der Waals surface area contributed by atoms with E-state index in [4.69, 9.17) is 0 Å². The molecule has 1 aromatic heterocycles. The summed E-state index contributed by atoms with van der Waals surface area (Å²) in [5.74, 6) is 0. The Morgan fingerprint density at radius 3 is 1.55 bits per heavy atom. The first kappa shape index (κ1) is 17.8. The van der Waals surface area contributed by atoms with Crippen LogP contribution in [0.15, 0.2) is 21.0 Å². The molecule has 20 heavy (non-hydrogen) atoms. The van der Waals surface area contributed by atoms with Gasteiger partial charge in [-0.1, -0.05) is 0 Å². The number of nitrogens with one attached hydrogen (secondary N) is 1. The van der Waals surface area contributed by atoms with Crippen LogP contribution in [0.2, 0.25) is 0 Å². The summed E-state index contributed by atoms with van der Waals surface area (Å²) in [5.41, 5.74) is -14.7. The number of alkyl halides is 9. The molecule has 1 heterocycles. The lowest BCUT2D eigenvalue weighted by Crippen LogP contribution is -2.02. The lowest BCUT2D eigenvalue weighted by molar-refractivity contribution is -0.0347. The first-order valence-corrected chi connectivity index (χ1v) is 6.70. The Balaban J connectivity index is 3.05. The van der Waals surface area contributed by atoms with Gasteiger partial charge in [0.2, 0.25) is 0 Å². The molecule has 0 aliphatic heterocycles. The van der Waals surface area contributed by atoms with Crippen molar-refractivity contribution in [3.63, 3.8) is 0 Å². The molecule has 13 heteroatoms. The van der Waals surface area contributed by atoms with Crippen LogP contribution in [0, 0.1) is 0 Å². The van der Waals surface area contributed by atoms with E-state index < -0.39 is 66.8 Å². The zero-order chi connectivity index (χ0) is 15.8. The highest BCUT2D eigenvalue weighted by atomic mass is 32.2. The van der Waals surface area contributed by atoms with Crippen LogP contribution in [0.1, 0.15) is 0 Å². The van der Waals surface area contributed by atoms with E-state index in [2.05, 4.69) is 0 Å². The predicted molar refractivity (Wildman–Crippen MR) is 56.5 cm³/mol. The Bertz CT molecular complexity index is 424. The van der Waals surface area contributed by atoms with E-state index in [1.807, 2.05) is 0 Å². The number of aromatic nitrogens is 1. The van der Waals surface area contributed by atoms with Crippen molar-refractivity contribution in [2.24, 2.45) is 0 Å². The first-order chi connectivity index (χ1) is 8.75. The van der Waals surface area contributed by atoms with Gasteiger partial charge in [-0.15, -0.1) is 0 Å². The maximum Gasteiger partial charge on any atom is 0.447 e. The molecular formula is C7H2F9NS3. The van der Waals surface area contributed by atoms with Crippen LogP contribution in [0.25, 0.3) is 0 Å². The van der Waals surface area contributed by atoms with Gasteiger partial charge in [-0.05, 0) is 17.8 Å². The van der Waals surface area contributed by atoms with Gasteiger partial charge in [-0.25, -0.2) is 0 Å². The third-order valence-corrected chi connectivity index (χ3v) is 3.72. The molecule has 1 aromatic rings. The zero-order valence-corrected chi connectivity index (χ0v) is 11.2. The van der Waals surface area contributed by atoms with Crippen LogP contribution in [-0.4, -0.2) is 21.5 Å². The molecule has 0 fully saturated rings. The van der Waals surface area contributed by atoms with E-state index >= 15 is 0 Å². The van der Waals surface area contributed by atoms with Crippen molar-refractivity contribution < 1.29 is 39.5 Å². The van der Waals surface area contributed by atoms with Crippen molar-refractivity contribution in [2.45, 2.75) is 31.5 Å². The number of aromatic amines is 1. The number of rotatable bonds is 3. The van der Waals surface area contributed by atoms with Crippen LogP contribution in [0.3, 0.4) is 0 Å². The second-order valence-electron chi connectivity index (χ2n) is 2.97. The number of hydrogen-bond donors (Lipinski definition) is 1. The number of thioether (sulfide) groups is 3. The zero-order valence-electron chi connectivity index (χ0n) is 8.70. The standard InChI is InChI=1S/C7H2F9NS3/c8-5(9,10)18-2-1-3(19-6(11,12)13)17-4(2)20-7(14,15)16/h1,17H. The third-order valence-electron chi connectivity index (χ3n) is 1.39. The molecule has 0 amide bonds. The molecule has 116 valence electrons. The monoisotopic (exact) mass is 367 g/mol. The number of hydrogen-bond acceptors (Lipinski definition) is 3. The first-order valence-electron chi connectivity index (χ1n) is 4.25. The average Bonchev–Trinajstić information content (AvgIpc) is 2.37. The minimum atomic E-state index is -4.92. The van der Waals surface area contributed by atoms with E-state index in [1.165, 1.54) is 0 Å². The van der Waals surface area contributed by atoms with Crippen LogP contribution < -0.4 is 0 Å². The van der Waals surface area contributed by atoms with E-state index in [9.17, 15) is 39.5 Å². The molecule has 0 atom stereocenters. The smallest absolute Gasteiger partial charge is 0.343 e. The van der Waals surface area contributed by atoms with Crippen molar-refractivity contribution in [2.75, 3.05) is 0 Å². The van der Waals surface area contributed by atoms with Gasteiger partial charge in [-0.3, -0.25) is 0 Å². The molecule has 0 radical (unpaired) electrons. The fourth-order valence-electron chi connectivity index (χ4n) is 0.966. The summed E-state index contributed by atoms with van der Waals surface area (Å²) in [7, 11) is 0. The molecule has 0 aromatic carbocycles. The van der Waals surface area contributed by atoms with Gasteiger partial charge in [0.05, 0.1) is 10.1 Å². The van der Waals surface area contributed by atoms with E-state index in [1.54, 1.807) is 4.98 Å². The van der Waals surface area contributed by atoms with Crippen molar-refractivity contribution in [1.29, 1.82) is 0 Å². The highest BCUT2D eigenvalue weighted by Gasteiger charge is 2.37. The molecule has 1 nitrogen and oxygen atoms in total. The molecule has 0 saturated heterocycles. The lowest BCUT2D eigenvalue weighted by atomic mass is 10.7. The van der Waals surface area contributed by atoms with Crippen LogP contribution in [0.5, 0.6) is 0 Å². The Morgan fingerprint density at radius 2 is 1.15 bits per heavy atom. The highest BCUT2D eigenvalue weighted by molar-refractivity contribution is 8.03. The van der Waals surface area contributed by atoms with Gasteiger partial charge in [0.25, 0.3) is 0 Å². The SMILES string of the molecule is FC(F)(F)Sc1cc(SC(F)(F)F)c(SC(F)(F)F)[nH]1. The third kappa shape index (κ3) is 6.92. The second kappa shape index (κ2) is 5.83. The van der Waals surface area contributed by atoms with E-state index in [0.29, 0.717) is 6.07 Å². The van der Waals surface area contributed by atoms with Gasteiger partial charge in [0.1, 0.15) is 0 Å². The molecule has 0 bridgehead atoms. The van der Waals surface area contributed by atoms with Crippen molar-refractivity contribution >= 4 is 35.3 Å². The Kier molecular flexibility index (Phi) is 5.17. The molecule has 0 saturated carbocycles. The summed E-state index contributed by atoms with van der Waals surface area (Å²) in [5, 5.41) is -1.89. The fraction of sp³-hybridized carbons (Fsp3) is 0.429. The normalized spacial score (nSPS) is 13.8. The quantitative estimate of drug-likeness (QED) is 0.533. The van der Waals surface area contributed by atoms with Gasteiger partial charge < -0.3 is 4.98 Å². The molecule has 0 spiro atoms. The minimum Gasteiger partial charge on any atom is -0.343 e. The molecule has 0 aliphatic rings. The summed E-state index contributed by atoms with van der Waals surface area (Å²) in [4.78, 5) is 0.716. The van der Waals surface area contributed by atoms with Crippen molar-refractivity contribution in [3.8, 4) is 0 Å². The summed E-state index contributed by atoms with van der Waals surface area (Å²) >= 11 is -2.69. The van der Waals surface area contributed by atoms with Crippen LogP contribution in [-0.2, 0) is 0 Å². The lowest BCUT2D eigenvalue weighted by Gasteiger charge is -2.08. The van der Waals surface area contributed by atoms with Crippen molar-refractivity contribution in [3.05, 3.63) is 6.07 Å². The number of halogens is 9. The Hall–Kier alpha value is -0.300. The van der Waals surface area contributed by atoms with Crippen LogP contribution >= 0.6 is 35.3 Å². The molecular weight excluding hydrogens is 365 g/mol. The number of H-pyrrole nitrogens is 1. The van der Waals surface area contributed by atoms with Gasteiger partial charge in [0.15, 0.2) is 0 Å². The Labute approximate surface area is 118 Å².